The topological polar surface area (TPSA) is 566 Å². The minimum absolute atomic E-state index is 0.00705. The third kappa shape index (κ3) is 31.9. The Balaban J connectivity index is 0.000000267. The van der Waals surface area contributed by atoms with Gasteiger partial charge < -0.3 is 107 Å². The van der Waals surface area contributed by atoms with Crippen LogP contribution >= 0.6 is 0 Å². The lowest BCUT2D eigenvalue weighted by atomic mass is 9.85. The van der Waals surface area contributed by atoms with Crippen molar-refractivity contribution < 1.29 is 82.4 Å². The summed E-state index contributed by atoms with van der Waals surface area (Å²) in [4.78, 5) is 99.9. The lowest BCUT2D eigenvalue weighted by Crippen LogP contribution is -2.36. The van der Waals surface area contributed by atoms with Gasteiger partial charge in [-0.05, 0) is 229 Å². The Kier molecular flexibility index (Phi) is 22.7. The number of aliphatic hydroxyl groups is 5. The van der Waals surface area contributed by atoms with Crippen molar-refractivity contribution in [1.82, 2.24) is 49.8 Å². The van der Waals surface area contributed by atoms with E-state index in [1.54, 1.807) is 6.92 Å². The summed E-state index contributed by atoms with van der Waals surface area (Å²) in [6.07, 6.45) is -20.7. The molecule has 5 heterocycles. The predicted molar refractivity (Wildman–Crippen MR) is 452 cm³/mol. The molecule has 0 aliphatic heterocycles. The highest BCUT2D eigenvalue weighted by atomic mass is 16.3. The van der Waals surface area contributed by atoms with Gasteiger partial charge in [-0.25, -0.2) is 24.9 Å². The maximum absolute atomic E-state index is 11.8. The number of hydrogen-bond donors (Lipinski definition) is 20. The molecular formula is C80H135N25O10. The van der Waals surface area contributed by atoms with Crippen LogP contribution in [0, 0.1) is 29.5 Å². The molecule has 17 unspecified atom stereocenters. The second kappa shape index (κ2) is 40.9. The van der Waals surface area contributed by atoms with Crippen molar-refractivity contribution in [3.8, 4) is 0 Å². The fourth-order valence-electron chi connectivity index (χ4n) is 10.6. The molecule has 5 amide bonds. The van der Waals surface area contributed by atoms with E-state index in [2.05, 4.69) is 103 Å². The maximum atomic E-state index is 11.8. The summed E-state index contributed by atoms with van der Waals surface area (Å²) in [5.74, 6) is -12.7. The van der Waals surface area contributed by atoms with Gasteiger partial charge in [-0.15, -0.1) is 0 Å². The highest BCUT2D eigenvalue weighted by Gasteiger charge is 2.34. The molecular weight excluding hydrogens is 1470 g/mol. The normalized spacial score (nSPS) is 38.2. The second-order valence-electron chi connectivity index (χ2n) is 33.0. The summed E-state index contributed by atoms with van der Waals surface area (Å²) in [6.45, 7) is 30.6. The molecule has 5 aliphatic carbocycles. The Hall–Kier alpha value is -9.45. The number of carbonyl (C=O) groups is 5. The third-order valence-corrected chi connectivity index (χ3v) is 16.4. The highest BCUT2D eigenvalue weighted by molar-refractivity contribution is 6.00. The first-order valence-electron chi connectivity index (χ1n) is 49.2. The number of rotatable bonds is 20. The lowest BCUT2D eigenvalue weighted by molar-refractivity contribution is 0.0737. The number of aliphatic hydroxyl groups excluding tert-OH is 1. The Morgan fingerprint density at radius 3 is 1.04 bits per heavy atom. The van der Waals surface area contributed by atoms with Gasteiger partial charge in [0.25, 0.3) is 29.5 Å². The van der Waals surface area contributed by atoms with Gasteiger partial charge in [0.2, 0.25) is 29.7 Å². The summed E-state index contributed by atoms with van der Waals surface area (Å²) in [6, 6.07) is -7.71. The van der Waals surface area contributed by atoms with Gasteiger partial charge in [0.1, 0.15) is 29.1 Å². The standard InChI is InChI=1S/5C16H27N5O2/c5*1-9-5-6-10(7-12(9)22)19-14-11(13(17)23)8-18-15(20-14)21-16(2,3)4/h5*8-10,12,22H,5-7H2,1-4H3,(H2,17,23)(H2,18,19,20,21)/i5D2,6D,7D,9D,10D;5D2,9D,10D,12D;5D2,7D2,9D,12D;1D3,10D,12D;9D,12D. The van der Waals surface area contributed by atoms with Crippen LogP contribution in [0.25, 0.3) is 0 Å². The van der Waals surface area contributed by atoms with Gasteiger partial charge >= 0.3 is 0 Å². The van der Waals surface area contributed by atoms with Crippen LogP contribution in [-0.4, -0.2) is 193 Å². The Morgan fingerprint density at radius 2 is 0.704 bits per heavy atom. The average molecular weight is 1630 g/mol. The van der Waals surface area contributed by atoms with Gasteiger partial charge in [-0.2, -0.15) is 24.9 Å². The van der Waals surface area contributed by atoms with Crippen LogP contribution in [0.5, 0.6) is 0 Å². The minimum atomic E-state index is -3.09. The SMILES string of the molecule is [2H]C1(C)CCC(Nc2nc(NC(C)(C)C)ncc2C(N)=O)CC1([2H])O.[2H]C1(Nc2nc(NC(C)(C)C)ncc2C(N)=O)CC([2H])([2H])C([2H])(C)C([2H])(O)C1.[2H]C1(Nc2nc(NC(C)(C)C)ncc2C(N)=O)CCC(C([2H])([2H])[2H])C([2H])(O)C1.[2H]C1([2H])CC(Nc2nc(NC(C)(C)C)ncc2C(N)=O)C([2H])([2H])C([2H])(O)C1([2H])C.[2H]C1C(O)C([2H])(C)C([2H])([2H])C([2H])C1([2H])Nc1nc(NC(C)(C)C)ncc1C(N)=O. The number of amides is 5. The molecule has 17 atom stereocenters. The molecule has 35 heteroatoms. The Morgan fingerprint density at radius 1 is 0.383 bits per heavy atom. The van der Waals surface area contributed by atoms with Gasteiger partial charge in [-0.1, -0.05) is 34.5 Å². The van der Waals surface area contributed by atoms with E-state index in [1.807, 2.05) is 104 Å². The monoisotopic (exact) mass is 1630 g/mol. The van der Waals surface area contributed by atoms with E-state index in [0.29, 0.717) is 18.8 Å². The van der Waals surface area contributed by atoms with E-state index in [1.165, 1.54) is 18.6 Å². The van der Waals surface area contributed by atoms with Crippen molar-refractivity contribution in [2.75, 3.05) is 53.2 Å². The van der Waals surface area contributed by atoms with Crippen LogP contribution in [0.15, 0.2) is 31.0 Å². The van der Waals surface area contributed by atoms with Crippen LogP contribution in [0.1, 0.15) is 319 Å². The van der Waals surface area contributed by atoms with Crippen LogP contribution < -0.4 is 81.8 Å². The fourth-order valence-corrected chi connectivity index (χ4v) is 10.6. The Bertz CT molecular complexity index is 5250. The summed E-state index contributed by atoms with van der Waals surface area (Å²) in [5.41, 5.74) is 24.6. The molecule has 0 radical (unpaired) electrons. The van der Waals surface area contributed by atoms with Crippen LogP contribution in [0.2, 0.25) is 0 Å². The second-order valence-corrected chi connectivity index (χ2v) is 33.0. The largest absolute Gasteiger partial charge is 0.393 e. The molecule has 0 spiro atoms. The van der Waals surface area contributed by atoms with Gasteiger partial charge in [-0.3, -0.25) is 24.0 Å². The van der Waals surface area contributed by atoms with Gasteiger partial charge in [0, 0.05) is 112 Å². The number of anilines is 10. The number of nitrogens with zero attached hydrogens (tertiary/aromatic N) is 10. The van der Waals surface area contributed by atoms with E-state index in [0.717, 1.165) is 33.2 Å². The zero-order valence-electron chi connectivity index (χ0n) is 92.9. The molecule has 5 aromatic heterocycles. The zero-order chi connectivity index (χ0) is 108. The first kappa shape index (κ1) is 63.7. The van der Waals surface area contributed by atoms with E-state index >= 15 is 0 Å². The molecule has 115 heavy (non-hydrogen) atoms. The number of primary amides is 5. The zero-order valence-corrected chi connectivity index (χ0v) is 68.9. The highest BCUT2D eigenvalue weighted by Crippen LogP contribution is 2.34. The molecule has 0 aromatic carbocycles. The summed E-state index contributed by atoms with van der Waals surface area (Å²) >= 11 is 0. The first-order valence-corrected chi connectivity index (χ1v) is 37.1. The van der Waals surface area contributed by atoms with Crippen LogP contribution in [0.3, 0.4) is 0 Å². The number of aromatic nitrogens is 10. The van der Waals surface area contributed by atoms with Crippen molar-refractivity contribution in [3.63, 3.8) is 0 Å². The molecule has 5 fully saturated rings. The van der Waals surface area contributed by atoms with Crippen molar-refractivity contribution in [2.45, 2.75) is 323 Å². The fraction of sp³-hybridized carbons (Fsp3) is 0.688. The smallest absolute Gasteiger partial charge is 0.254 e. The summed E-state index contributed by atoms with van der Waals surface area (Å²) in [5, 5.41) is 80.6. The van der Waals surface area contributed by atoms with Gasteiger partial charge in [0.05, 0.1) is 67.8 Å². The third-order valence-electron chi connectivity index (χ3n) is 16.4. The van der Waals surface area contributed by atoms with E-state index in [-0.39, 0.29) is 123 Å². The maximum Gasteiger partial charge on any atom is 0.254 e. The number of hydrogen-bond acceptors (Lipinski definition) is 30. The molecule has 5 saturated carbocycles. The van der Waals surface area contributed by atoms with Crippen LogP contribution in [-0.2, 0) is 0 Å². The molecule has 0 saturated heterocycles. The van der Waals surface area contributed by atoms with Crippen LogP contribution in [0.4, 0.5) is 58.8 Å². The number of nitrogens with one attached hydrogen (secondary N) is 10. The average Bonchev–Trinajstić information content (AvgIpc) is 0.697. The lowest BCUT2D eigenvalue weighted by Gasteiger charge is -2.32. The number of nitrogens with two attached hydrogens (primary N) is 5. The quantitative estimate of drug-likeness (QED) is 0.0346. The van der Waals surface area contributed by atoms with Crippen molar-refractivity contribution in [2.24, 2.45) is 58.2 Å². The van der Waals surface area contributed by atoms with Crippen molar-refractivity contribution in [3.05, 3.63) is 58.8 Å². The molecule has 5 aliphatic rings. The van der Waals surface area contributed by atoms with E-state index in [9.17, 15) is 49.5 Å². The Labute approximate surface area is 711 Å². The molecule has 5 aromatic rings. The van der Waals surface area contributed by atoms with Crippen molar-refractivity contribution >= 4 is 88.4 Å². The van der Waals surface area contributed by atoms with E-state index in [4.69, 9.17) is 61.6 Å². The predicted octanol–water partition coefficient (Wildman–Crippen LogP) is 8.74. The van der Waals surface area contributed by atoms with Gasteiger partial charge in [0.15, 0.2) is 0 Å². The molecule has 35 nitrogen and oxygen atoms in total. The van der Waals surface area contributed by atoms with E-state index < -0.39 is 195 Å². The first-order chi connectivity index (χ1) is 62.0. The molecule has 10 rings (SSSR count). The number of carbonyl (C=O) groups excluding carboxylic acids is 5. The molecule has 25 N–H and O–H groups in total. The van der Waals surface area contributed by atoms with Crippen molar-refractivity contribution in [1.29, 1.82) is 0 Å². The summed E-state index contributed by atoms with van der Waals surface area (Å²) in [7, 11) is 0. The molecule has 0 bridgehead atoms. The summed E-state index contributed by atoms with van der Waals surface area (Å²) < 4.78 is 195. The molecule has 640 valence electrons. The minimum Gasteiger partial charge on any atom is -0.393 e.